The molecule has 31 heavy (non-hydrogen) atoms. The van der Waals surface area contributed by atoms with E-state index in [1.165, 1.54) is 5.57 Å². The van der Waals surface area contributed by atoms with Crippen LogP contribution in [0.25, 0.3) is 5.70 Å². The summed E-state index contributed by atoms with van der Waals surface area (Å²) < 4.78 is 0. The van der Waals surface area contributed by atoms with Gasteiger partial charge in [0.1, 0.15) is 5.75 Å². The summed E-state index contributed by atoms with van der Waals surface area (Å²) in [6, 6.07) is 5.17. The number of nitrogens with one attached hydrogen (secondary N) is 1. The van der Waals surface area contributed by atoms with Gasteiger partial charge in [-0.3, -0.25) is 0 Å². The van der Waals surface area contributed by atoms with Crippen molar-refractivity contribution in [1.82, 2.24) is 5.32 Å². The van der Waals surface area contributed by atoms with E-state index in [1.807, 2.05) is 24.5 Å². The number of carbonyl (C=O) groups is 1. The first kappa shape index (κ1) is 24.5. The van der Waals surface area contributed by atoms with Crippen molar-refractivity contribution in [3.63, 3.8) is 0 Å². The number of hydrogen-bond acceptors (Lipinski definition) is 4. The molecule has 3 atom stereocenters. The Bertz CT molecular complexity index is 985. The van der Waals surface area contributed by atoms with E-state index in [0.717, 1.165) is 36.1 Å². The van der Waals surface area contributed by atoms with E-state index in [-0.39, 0.29) is 54.1 Å². The van der Waals surface area contributed by atoms with Gasteiger partial charge in [0.05, 0.1) is 10.4 Å². The van der Waals surface area contributed by atoms with Crippen molar-refractivity contribution in [1.29, 1.82) is 0 Å². The maximum Gasteiger partial charge on any atom is 0.331 e. The quantitative estimate of drug-likeness (QED) is 0.338. The van der Waals surface area contributed by atoms with Crippen molar-refractivity contribution < 1.29 is 46.1 Å². The zero-order valence-corrected chi connectivity index (χ0v) is 23.0. The Morgan fingerprint density at radius 2 is 2.16 bits per heavy atom. The SMILES string of the molecule is C[CH-]C1=CCCCC1C1=C(C(=O)O)CC(C2NC(c3ccc(Cl)c(O)c3)=CS2)C=C1.[U]. The van der Waals surface area contributed by atoms with E-state index < -0.39 is 5.97 Å². The van der Waals surface area contributed by atoms with E-state index in [4.69, 9.17) is 11.6 Å². The smallest absolute Gasteiger partial charge is 0.331 e. The van der Waals surface area contributed by atoms with Crippen LogP contribution in [0.2, 0.25) is 5.02 Å². The molecular formula is C24H25ClNO3SU-. The fraction of sp³-hybridized carbons (Fsp3) is 0.333. The first-order valence-corrected chi connectivity index (χ1v) is 11.5. The van der Waals surface area contributed by atoms with Crippen LogP contribution in [0, 0.1) is 49.4 Å². The third-order valence-electron chi connectivity index (χ3n) is 6.03. The van der Waals surface area contributed by atoms with Gasteiger partial charge in [-0.15, -0.1) is 25.1 Å². The van der Waals surface area contributed by atoms with Crippen molar-refractivity contribution in [2.75, 3.05) is 0 Å². The molecule has 3 aliphatic rings. The van der Waals surface area contributed by atoms with E-state index >= 15 is 0 Å². The number of carboxylic acids is 1. The number of aromatic hydroxyl groups is 1. The maximum atomic E-state index is 12.1. The molecule has 2 aliphatic carbocycles. The summed E-state index contributed by atoms with van der Waals surface area (Å²) in [6.07, 6.45) is 12.2. The summed E-state index contributed by atoms with van der Waals surface area (Å²) in [5.41, 5.74) is 4.51. The van der Waals surface area contributed by atoms with Crippen LogP contribution in [-0.2, 0) is 4.79 Å². The molecule has 1 heterocycles. The minimum atomic E-state index is -0.820. The minimum absolute atomic E-state index is 0. The second-order valence-electron chi connectivity index (χ2n) is 7.84. The Labute approximate surface area is 216 Å². The van der Waals surface area contributed by atoms with Crippen LogP contribution in [0.3, 0.4) is 0 Å². The molecule has 3 N–H and O–H groups in total. The Hall–Kier alpha value is -1.19. The predicted octanol–water partition coefficient (Wildman–Crippen LogP) is 5.91. The molecule has 0 spiro atoms. The molecule has 0 aromatic heterocycles. The number of phenols is 1. The van der Waals surface area contributed by atoms with Gasteiger partial charge in [-0.1, -0.05) is 36.2 Å². The number of carboxylic acid groups (broad SMARTS) is 1. The summed E-state index contributed by atoms with van der Waals surface area (Å²) in [5, 5.41) is 25.7. The van der Waals surface area contributed by atoms with Crippen LogP contribution in [0.15, 0.2) is 58.6 Å². The van der Waals surface area contributed by atoms with Gasteiger partial charge in [-0.05, 0) is 41.9 Å². The fourth-order valence-corrected chi connectivity index (χ4v) is 5.64. The van der Waals surface area contributed by atoms with Gasteiger partial charge in [-0.2, -0.15) is 0 Å². The Morgan fingerprint density at radius 3 is 2.87 bits per heavy atom. The molecule has 162 valence electrons. The number of allylic oxidation sites excluding steroid dienone is 4. The fourth-order valence-electron chi connectivity index (χ4n) is 4.45. The van der Waals surface area contributed by atoms with Crippen LogP contribution in [0.1, 0.15) is 38.2 Å². The molecular weight excluding hydrogens is 656 g/mol. The number of aliphatic carboxylic acids is 1. The first-order valence-electron chi connectivity index (χ1n) is 10.2. The number of rotatable bonds is 5. The molecule has 0 saturated heterocycles. The monoisotopic (exact) mass is 680 g/mol. The summed E-state index contributed by atoms with van der Waals surface area (Å²) in [5.74, 6) is -0.519. The standard InChI is InChI=1S/C24H25ClNO3S.U/c1-2-14-5-3-4-6-17(14)18-9-7-16(11-19(18)24(28)29)23-26-21(13-30-23)15-8-10-20(25)22(27)12-15;/h2,5,7-10,12-13,16-17,23,26-27H,3-4,6,11H2,1H3,(H,28,29);/q-1;. The van der Waals surface area contributed by atoms with Crippen molar-refractivity contribution in [3.05, 3.63) is 75.6 Å². The topological polar surface area (TPSA) is 69.6 Å². The average Bonchev–Trinajstić information content (AvgIpc) is 3.25. The van der Waals surface area contributed by atoms with Gasteiger partial charge >= 0.3 is 5.97 Å². The second-order valence-corrected chi connectivity index (χ2v) is 9.26. The third-order valence-corrected chi connectivity index (χ3v) is 7.49. The van der Waals surface area contributed by atoms with Crippen LogP contribution in [-0.4, -0.2) is 21.6 Å². The van der Waals surface area contributed by atoms with Gasteiger partial charge in [-0.25, -0.2) is 22.9 Å². The van der Waals surface area contributed by atoms with Gasteiger partial charge in [0.2, 0.25) is 0 Å². The maximum absolute atomic E-state index is 12.1. The largest absolute Gasteiger partial charge is 0.506 e. The van der Waals surface area contributed by atoms with Crippen molar-refractivity contribution in [2.45, 2.75) is 38.0 Å². The molecule has 7 heteroatoms. The second kappa shape index (κ2) is 10.6. The van der Waals surface area contributed by atoms with Crippen LogP contribution in [0.4, 0.5) is 0 Å². The molecule has 1 aromatic rings. The van der Waals surface area contributed by atoms with Gasteiger partial charge in [0.25, 0.3) is 0 Å². The molecule has 0 radical (unpaired) electrons. The molecule has 0 saturated carbocycles. The predicted molar refractivity (Wildman–Crippen MR) is 123 cm³/mol. The number of thioether (sulfide) groups is 1. The van der Waals surface area contributed by atoms with Crippen molar-refractivity contribution in [3.8, 4) is 5.75 Å². The first-order chi connectivity index (χ1) is 14.5. The molecule has 1 aromatic carbocycles. The van der Waals surface area contributed by atoms with Crippen molar-refractivity contribution >= 4 is 35.0 Å². The van der Waals surface area contributed by atoms with Crippen LogP contribution in [0.5, 0.6) is 5.75 Å². The molecule has 1 aliphatic heterocycles. The van der Waals surface area contributed by atoms with Crippen molar-refractivity contribution in [2.24, 2.45) is 11.8 Å². The average molecular weight is 681 g/mol. The zero-order chi connectivity index (χ0) is 21.3. The van der Waals surface area contributed by atoms with Crippen LogP contribution < -0.4 is 5.32 Å². The van der Waals surface area contributed by atoms with E-state index in [1.54, 1.807) is 23.9 Å². The molecule has 3 unspecified atom stereocenters. The Morgan fingerprint density at radius 1 is 1.35 bits per heavy atom. The number of benzene rings is 1. The summed E-state index contributed by atoms with van der Waals surface area (Å²) in [7, 11) is 0. The zero-order valence-electron chi connectivity index (χ0n) is 17.3. The van der Waals surface area contributed by atoms with Gasteiger partial charge < -0.3 is 15.5 Å². The molecule has 0 amide bonds. The molecule has 0 fully saturated rings. The summed E-state index contributed by atoms with van der Waals surface area (Å²) in [4.78, 5) is 12.1. The normalized spacial score (nSPS) is 25.3. The van der Waals surface area contributed by atoms with Crippen LogP contribution >= 0.6 is 23.4 Å². The third kappa shape index (κ3) is 5.25. The minimum Gasteiger partial charge on any atom is -0.506 e. The summed E-state index contributed by atoms with van der Waals surface area (Å²) >= 11 is 7.56. The molecule has 0 bridgehead atoms. The number of phenolic OH excluding ortho intramolecular Hbond substituents is 1. The Balaban J connectivity index is 0.00000272. The number of halogens is 1. The van der Waals surface area contributed by atoms with E-state index in [0.29, 0.717) is 17.0 Å². The molecule has 4 nitrogen and oxygen atoms in total. The summed E-state index contributed by atoms with van der Waals surface area (Å²) in [6.45, 7) is 2.03. The van der Waals surface area contributed by atoms with E-state index in [9.17, 15) is 15.0 Å². The Kier molecular flexibility index (Phi) is 8.38. The van der Waals surface area contributed by atoms with E-state index in [2.05, 4.69) is 23.9 Å². The van der Waals surface area contributed by atoms with Gasteiger partial charge in [0.15, 0.2) is 0 Å². The number of hydrogen-bond donors (Lipinski definition) is 3. The molecule has 4 rings (SSSR count). The van der Waals surface area contributed by atoms with Gasteiger partial charge in [0, 0.05) is 53.9 Å².